The zero-order valence-electron chi connectivity index (χ0n) is 17.2. The number of thioether (sulfide) groups is 1. The summed E-state index contributed by atoms with van der Waals surface area (Å²) in [6.07, 6.45) is 1.74. The molecule has 0 bridgehead atoms. The highest BCUT2D eigenvalue weighted by Gasteiger charge is 2.21. The molecule has 2 heterocycles. The van der Waals surface area contributed by atoms with Gasteiger partial charge < -0.3 is 10.1 Å². The number of hydrogen-bond donors (Lipinski definition) is 2. The van der Waals surface area contributed by atoms with Gasteiger partial charge in [0.15, 0.2) is 5.16 Å². The van der Waals surface area contributed by atoms with E-state index in [4.69, 9.17) is 16.3 Å². The van der Waals surface area contributed by atoms with Crippen LogP contribution in [0.25, 0.3) is 10.9 Å². The number of halogens is 1. The van der Waals surface area contributed by atoms with E-state index in [1.54, 1.807) is 22.8 Å². The number of urea groups is 1. The van der Waals surface area contributed by atoms with E-state index >= 15 is 0 Å². The normalized spacial score (nSPS) is 16.6. The van der Waals surface area contributed by atoms with E-state index in [0.29, 0.717) is 34.2 Å². The molecular formula is C20H25ClN4O4S. The van der Waals surface area contributed by atoms with Crippen LogP contribution in [0.5, 0.6) is 0 Å². The highest BCUT2D eigenvalue weighted by atomic mass is 35.5. The minimum absolute atomic E-state index is 0.0679. The van der Waals surface area contributed by atoms with E-state index in [2.05, 4.69) is 15.6 Å². The van der Waals surface area contributed by atoms with Crippen LogP contribution >= 0.6 is 23.4 Å². The van der Waals surface area contributed by atoms with E-state index in [9.17, 15) is 14.4 Å². The molecule has 3 rings (SSSR count). The topological polar surface area (TPSA) is 102 Å². The van der Waals surface area contributed by atoms with Gasteiger partial charge in [0.05, 0.1) is 29.3 Å². The first-order valence-electron chi connectivity index (χ1n) is 9.69. The predicted molar refractivity (Wildman–Crippen MR) is 117 cm³/mol. The number of carbonyl (C=O) groups excluding carboxylic acids is 2. The fraction of sp³-hybridized carbons (Fsp3) is 0.500. The number of rotatable bonds is 5. The Hall–Kier alpha value is -2.10. The van der Waals surface area contributed by atoms with Gasteiger partial charge >= 0.3 is 6.03 Å². The number of hydrogen-bond acceptors (Lipinski definition) is 6. The zero-order valence-corrected chi connectivity index (χ0v) is 18.7. The largest absolute Gasteiger partial charge is 0.376 e. The Labute approximate surface area is 183 Å². The zero-order chi connectivity index (χ0) is 21.9. The lowest BCUT2D eigenvalue weighted by Gasteiger charge is -2.20. The predicted octanol–water partition coefficient (Wildman–Crippen LogP) is 2.95. The van der Waals surface area contributed by atoms with E-state index in [-0.39, 0.29) is 17.4 Å². The second-order valence-electron chi connectivity index (χ2n) is 8.15. The maximum absolute atomic E-state index is 13.1. The first-order chi connectivity index (χ1) is 14.1. The van der Waals surface area contributed by atoms with Crippen LogP contribution < -0.4 is 16.2 Å². The molecule has 3 amide bonds. The fourth-order valence-electron chi connectivity index (χ4n) is 3.10. The quantitative estimate of drug-likeness (QED) is 0.534. The van der Waals surface area contributed by atoms with Crippen molar-refractivity contribution in [2.75, 3.05) is 12.4 Å². The lowest BCUT2D eigenvalue weighted by atomic mass is 10.1. The van der Waals surface area contributed by atoms with Crippen LogP contribution in [0.1, 0.15) is 33.6 Å². The lowest BCUT2D eigenvalue weighted by molar-refractivity contribution is -0.117. The van der Waals surface area contributed by atoms with Gasteiger partial charge in [0.2, 0.25) is 5.91 Å². The molecule has 1 aromatic heterocycles. The van der Waals surface area contributed by atoms with Crippen molar-refractivity contribution in [1.82, 2.24) is 20.2 Å². The number of amides is 3. The number of imide groups is 1. The van der Waals surface area contributed by atoms with Gasteiger partial charge in [-0.1, -0.05) is 23.4 Å². The minimum Gasteiger partial charge on any atom is -0.376 e. The number of nitrogens with zero attached hydrogens (tertiary/aromatic N) is 2. The molecular weight excluding hydrogens is 428 g/mol. The van der Waals surface area contributed by atoms with Crippen LogP contribution in [0.3, 0.4) is 0 Å². The molecule has 2 N–H and O–H groups in total. The minimum atomic E-state index is -0.567. The summed E-state index contributed by atoms with van der Waals surface area (Å²) in [5.74, 6) is -0.549. The molecule has 1 atom stereocenters. The molecule has 1 aliphatic heterocycles. The summed E-state index contributed by atoms with van der Waals surface area (Å²) >= 11 is 7.15. The van der Waals surface area contributed by atoms with Crippen LogP contribution in [0.2, 0.25) is 5.02 Å². The molecule has 0 saturated carbocycles. The summed E-state index contributed by atoms with van der Waals surface area (Å²) in [6, 6.07) is 4.35. The van der Waals surface area contributed by atoms with Crippen molar-refractivity contribution in [2.24, 2.45) is 0 Å². The Kier molecular flexibility index (Phi) is 7.05. The Bertz CT molecular complexity index is 1010. The van der Waals surface area contributed by atoms with Gasteiger partial charge in [-0.2, -0.15) is 0 Å². The Morgan fingerprint density at radius 1 is 1.37 bits per heavy atom. The van der Waals surface area contributed by atoms with Gasteiger partial charge in [-0.05, 0) is 51.8 Å². The maximum Gasteiger partial charge on any atom is 0.321 e. The molecule has 8 nitrogen and oxygen atoms in total. The SMILES string of the molecule is CC(C)(C)NC(=O)NC(=O)CSc1nc2cc(Cl)ccc2c(=O)n1CC1CCCO1. The van der Waals surface area contributed by atoms with Gasteiger partial charge in [0, 0.05) is 17.2 Å². The molecule has 162 valence electrons. The van der Waals surface area contributed by atoms with Crippen LogP contribution in [-0.2, 0) is 16.1 Å². The van der Waals surface area contributed by atoms with Gasteiger partial charge in [-0.25, -0.2) is 9.78 Å². The highest BCUT2D eigenvalue weighted by molar-refractivity contribution is 7.99. The Morgan fingerprint density at radius 3 is 2.80 bits per heavy atom. The van der Waals surface area contributed by atoms with Crippen LogP contribution in [0, 0.1) is 0 Å². The monoisotopic (exact) mass is 452 g/mol. The molecule has 30 heavy (non-hydrogen) atoms. The average Bonchev–Trinajstić information content (AvgIpc) is 3.14. The van der Waals surface area contributed by atoms with Crippen molar-refractivity contribution < 1.29 is 14.3 Å². The van der Waals surface area contributed by atoms with Crippen molar-refractivity contribution in [3.05, 3.63) is 33.6 Å². The van der Waals surface area contributed by atoms with E-state index in [1.807, 2.05) is 20.8 Å². The lowest BCUT2D eigenvalue weighted by Crippen LogP contribution is -2.48. The summed E-state index contributed by atoms with van der Waals surface area (Å²) in [5.41, 5.74) is -0.205. The third-order valence-corrected chi connectivity index (χ3v) is 5.58. The first kappa shape index (κ1) is 22.6. The molecule has 10 heteroatoms. The summed E-state index contributed by atoms with van der Waals surface area (Å²) in [4.78, 5) is 41.7. The molecule has 1 fully saturated rings. The molecule has 2 aromatic rings. The van der Waals surface area contributed by atoms with Crippen molar-refractivity contribution in [1.29, 1.82) is 0 Å². The molecule has 0 spiro atoms. The smallest absolute Gasteiger partial charge is 0.321 e. The Morgan fingerprint density at radius 2 is 2.13 bits per heavy atom. The number of fused-ring (bicyclic) bond motifs is 1. The van der Waals surface area contributed by atoms with Crippen molar-refractivity contribution >= 4 is 46.2 Å². The van der Waals surface area contributed by atoms with E-state index < -0.39 is 17.5 Å². The Balaban J connectivity index is 1.81. The molecule has 0 aliphatic carbocycles. The number of nitrogens with one attached hydrogen (secondary N) is 2. The number of aromatic nitrogens is 2. The van der Waals surface area contributed by atoms with E-state index in [0.717, 1.165) is 24.6 Å². The summed E-state index contributed by atoms with van der Waals surface area (Å²) in [7, 11) is 0. The van der Waals surface area contributed by atoms with Gasteiger partial charge in [0.1, 0.15) is 0 Å². The standard InChI is InChI=1S/C20H25ClN4O4S/c1-20(2,3)24-18(28)23-16(26)11-30-19-22-15-9-12(21)6-7-14(15)17(27)25(19)10-13-5-4-8-29-13/h6-7,9,13H,4-5,8,10-11H2,1-3H3,(H2,23,24,26,28). The van der Waals surface area contributed by atoms with Gasteiger partial charge in [-0.15, -0.1) is 0 Å². The third-order valence-electron chi connectivity index (χ3n) is 4.37. The van der Waals surface area contributed by atoms with Crippen molar-refractivity contribution in [3.63, 3.8) is 0 Å². The summed E-state index contributed by atoms with van der Waals surface area (Å²) in [6.45, 7) is 6.49. The van der Waals surface area contributed by atoms with Crippen LogP contribution in [0.4, 0.5) is 4.79 Å². The van der Waals surface area contributed by atoms with Crippen LogP contribution in [-0.4, -0.2) is 45.5 Å². The van der Waals surface area contributed by atoms with Crippen LogP contribution in [0.15, 0.2) is 28.2 Å². The molecule has 0 radical (unpaired) electrons. The highest BCUT2D eigenvalue weighted by Crippen LogP contribution is 2.22. The van der Waals surface area contributed by atoms with E-state index in [1.165, 1.54) is 0 Å². The van der Waals surface area contributed by atoms with Crippen molar-refractivity contribution in [3.8, 4) is 0 Å². The second kappa shape index (κ2) is 9.36. The number of carbonyl (C=O) groups is 2. The first-order valence-corrected chi connectivity index (χ1v) is 11.1. The molecule has 1 aromatic carbocycles. The number of benzene rings is 1. The maximum atomic E-state index is 13.1. The fourth-order valence-corrected chi connectivity index (χ4v) is 4.08. The number of ether oxygens (including phenoxy) is 1. The third kappa shape index (κ3) is 5.96. The average molecular weight is 453 g/mol. The molecule has 1 saturated heterocycles. The van der Waals surface area contributed by atoms with Gasteiger partial charge in [0.25, 0.3) is 5.56 Å². The molecule has 1 unspecified atom stereocenters. The van der Waals surface area contributed by atoms with Crippen molar-refractivity contribution in [2.45, 2.75) is 57.0 Å². The second-order valence-corrected chi connectivity index (χ2v) is 9.53. The summed E-state index contributed by atoms with van der Waals surface area (Å²) < 4.78 is 7.21. The van der Waals surface area contributed by atoms with Gasteiger partial charge in [-0.3, -0.25) is 19.5 Å². The molecule has 1 aliphatic rings. The summed E-state index contributed by atoms with van der Waals surface area (Å²) in [5, 5.41) is 6.27.